The Morgan fingerprint density at radius 3 is 2.66 bits per heavy atom. The highest BCUT2D eigenvalue weighted by atomic mass is 32.1. The van der Waals surface area contributed by atoms with Gasteiger partial charge in [-0.05, 0) is 43.5 Å². The number of carbonyl (C=O) groups excluding carboxylic acids is 2. The van der Waals surface area contributed by atoms with E-state index in [9.17, 15) is 14.7 Å². The van der Waals surface area contributed by atoms with Crippen molar-refractivity contribution in [2.75, 3.05) is 19.8 Å². The molecule has 5 rings (SSSR count). The van der Waals surface area contributed by atoms with E-state index in [2.05, 4.69) is 0 Å². The van der Waals surface area contributed by atoms with Gasteiger partial charge < -0.3 is 29.0 Å². The predicted octanol–water partition coefficient (Wildman–Crippen LogP) is 2.92. The highest BCUT2D eigenvalue weighted by Gasteiger charge is 2.52. The minimum Gasteiger partial charge on any atom is -0.507 e. The van der Waals surface area contributed by atoms with Gasteiger partial charge in [-0.2, -0.15) is 0 Å². The van der Waals surface area contributed by atoms with E-state index in [1.54, 1.807) is 32.0 Å². The van der Waals surface area contributed by atoms with Crippen molar-refractivity contribution in [3.05, 3.63) is 51.7 Å². The summed E-state index contributed by atoms with van der Waals surface area (Å²) < 4.78 is 22.9. The van der Waals surface area contributed by atoms with E-state index in [0.717, 1.165) is 4.88 Å². The van der Waals surface area contributed by atoms with Crippen molar-refractivity contribution in [2.45, 2.75) is 38.3 Å². The third-order valence-corrected chi connectivity index (χ3v) is 6.55. The Morgan fingerprint density at radius 2 is 1.97 bits per heavy atom. The quantitative estimate of drug-likeness (QED) is 0.429. The molecule has 2 fully saturated rings. The predicted molar refractivity (Wildman–Crippen MR) is 116 cm³/mol. The van der Waals surface area contributed by atoms with Crippen LogP contribution in [0.2, 0.25) is 0 Å². The largest absolute Gasteiger partial charge is 0.507 e. The van der Waals surface area contributed by atoms with Crippen LogP contribution in [-0.4, -0.2) is 59.5 Å². The van der Waals surface area contributed by atoms with Crippen molar-refractivity contribution < 1.29 is 33.6 Å². The van der Waals surface area contributed by atoms with Crippen molar-refractivity contribution in [1.29, 1.82) is 0 Å². The van der Waals surface area contributed by atoms with E-state index in [0.29, 0.717) is 30.3 Å². The van der Waals surface area contributed by atoms with E-state index in [4.69, 9.17) is 18.9 Å². The number of benzene rings is 1. The van der Waals surface area contributed by atoms with Crippen molar-refractivity contribution in [1.82, 2.24) is 4.90 Å². The zero-order valence-electron chi connectivity index (χ0n) is 17.7. The third kappa shape index (κ3) is 3.66. The van der Waals surface area contributed by atoms with Gasteiger partial charge in [0.2, 0.25) is 0 Å². The van der Waals surface area contributed by atoms with Crippen molar-refractivity contribution >= 4 is 28.8 Å². The Kier molecular flexibility index (Phi) is 5.19. The Bertz CT molecular complexity index is 1090. The number of carbonyl (C=O) groups is 2. The summed E-state index contributed by atoms with van der Waals surface area (Å²) in [7, 11) is 0. The summed E-state index contributed by atoms with van der Waals surface area (Å²) in [4.78, 5) is 28.5. The van der Waals surface area contributed by atoms with Gasteiger partial charge in [0.25, 0.3) is 11.7 Å². The first kappa shape index (κ1) is 21.0. The number of thiophene rings is 1. The molecule has 0 radical (unpaired) electrons. The Balaban J connectivity index is 1.58. The molecule has 0 aliphatic carbocycles. The zero-order valence-corrected chi connectivity index (χ0v) is 18.5. The highest BCUT2D eigenvalue weighted by Crippen LogP contribution is 2.39. The van der Waals surface area contributed by atoms with Crippen molar-refractivity contribution in [3.63, 3.8) is 0 Å². The number of likely N-dealkylation sites (tertiary alicyclic amines) is 1. The molecule has 0 saturated carbocycles. The topological polar surface area (TPSA) is 94.5 Å². The summed E-state index contributed by atoms with van der Waals surface area (Å²) in [5.74, 6) is -1.50. The normalized spacial score (nSPS) is 26.0. The van der Waals surface area contributed by atoms with Crippen LogP contribution in [0.15, 0.2) is 41.3 Å². The lowest BCUT2D eigenvalue weighted by atomic mass is 9.97. The van der Waals surface area contributed by atoms with Crippen LogP contribution in [-0.2, 0) is 25.6 Å². The van der Waals surface area contributed by atoms with Gasteiger partial charge in [-0.15, -0.1) is 11.3 Å². The van der Waals surface area contributed by atoms with Crippen LogP contribution in [0.4, 0.5) is 0 Å². The summed E-state index contributed by atoms with van der Waals surface area (Å²) in [5.41, 5.74) is 0.376. The number of ketones is 1. The first-order valence-corrected chi connectivity index (χ1v) is 11.2. The van der Waals surface area contributed by atoms with Gasteiger partial charge in [0.05, 0.1) is 24.8 Å². The molecule has 0 spiro atoms. The summed E-state index contributed by atoms with van der Waals surface area (Å²) >= 11 is 1.49. The zero-order chi connectivity index (χ0) is 22.5. The lowest BCUT2D eigenvalue weighted by Crippen LogP contribution is -2.43. The van der Waals surface area contributed by atoms with Gasteiger partial charge in [0.15, 0.2) is 17.3 Å². The number of fused-ring (bicyclic) bond motifs is 1. The van der Waals surface area contributed by atoms with Crippen molar-refractivity contribution in [3.8, 4) is 11.5 Å². The number of hydrogen-bond donors (Lipinski definition) is 1. The van der Waals surface area contributed by atoms with E-state index >= 15 is 0 Å². The Morgan fingerprint density at radius 1 is 1.19 bits per heavy atom. The van der Waals surface area contributed by atoms with Gasteiger partial charge in [-0.3, -0.25) is 9.59 Å². The molecule has 0 bridgehead atoms. The molecule has 2 saturated heterocycles. The first-order chi connectivity index (χ1) is 15.3. The van der Waals surface area contributed by atoms with Gasteiger partial charge in [0.1, 0.15) is 25.1 Å². The minimum atomic E-state index is -0.855. The number of ether oxygens (including phenoxy) is 4. The van der Waals surface area contributed by atoms with E-state index in [1.165, 1.54) is 16.2 Å². The van der Waals surface area contributed by atoms with Gasteiger partial charge >= 0.3 is 0 Å². The fraction of sp³-hybridized carbons (Fsp3) is 0.391. The maximum absolute atomic E-state index is 13.1. The molecular formula is C23H23NO7S. The molecule has 1 amide bonds. The molecule has 3 aliphatic heterocycles. The second kappa shape index (κ2) is 7.91. The number of Topliss-reactive ketones (excluding diaryl/α,β-unsaturated/α-hetero) is 1. The van der Waals surface area contributed by atoms with Crippen LogP contribution in [0.1, 0.15) is 24.3 Å². The fourth-order valence-electron chi connectivity index (χ4n) is 4.25. The van der Waals surface area contributed by atoms with Crippen LogP contribution >= 0.6 is 11.3 Å². The van der Waals surface area contributed by atoms with Crippen molar-refractivity contribution in [2.24, 2.45) is 0 Å². The van der Waals surface area contributed by atoms with Gasteiger partial charge in [-0.25, -0.2) is 0 Å². The van der Waals surface area contributed by atoms with E-state index in [1.807, 2.05) is 17.5 Å². The lowest BCUT2D eigenvalue weighted by molar-refractivity contribution is -0.149. The Hall–Kier alpha value is -2.88. The molecule has 9 heteroatoms. The summed E-state index contributed by atoms with van der Waals surface area (Å²) in [6, 6.07) is 7.94. The van der Waals surface area contributed by atoms with Crippen LogP contribution in [0, 0.1) is 0 Å². The minimum absolute atomic E-state index is 0.00883. The van der Waals surface area contributed by atoms with Crippen LogP contribution < -0.4 is 9.47 Å². The van der Waals surface area contributed by atoms with Crippen LogP contribution in [0.5, 0.6) is 11.5 Å². The lowest BCUT2D eigenvalue weighted by Gasteiger charge is -2.29. The molecule has 4 heterocycles. The smallest absolute Gasteiger partial charge is 0.295 e. The fourth-order valence-corrected chi connectivity index (χ4v) is 4.96. The van der Waals surface area contributed by atoms with Gasteiger partial charge in [-0.1, -0.05) is 6.07 Å². The van der Waals surface area contributed by atoms with E-state index < -0.39 is 29.6 Å². The molecule has 2 unspecified atom stereocenters. The molecule has 32 heavy (non-hydrogen) atoms. The number of amides is 1. The molecule has 1 N–H and O–H groups in total. The summed E-state index contributed by atoms with van der Waals surface area (Å²) in [6.07, 6.45) is -0.602. The molecule has 1 aromatic heterocycles. The molecule has 8 nitrogen and oxygen atoms in total. The average Bonchev–Trinajstić information content (AvgIpc) is 3.48. The van der Waals surface area contributed by atoms with Crippen LogP contribution in [0.25, 0.3) is 5.76 Å². The third-order valence-electron chi connectivity index (χ3n) is 5.69. The van der Waals surface area contributed by atoms with Gasteiger partial charge in [0, 0.05) is 10.4 Å². The van der Waals surface area contributed by atoms with E-state index in [-0.39, 0.29) is 24.5 Å². The standard InChI is InChI=1S/C23H23NO7S/c1-23(2)30-12-17(31-23)19-18(21(26)22(27)24(19)11-14-4-3-9-32-14)20(25)13-5-6-15-16(10-13)29-8-7-28-15/h3-6,9-10,17,19,25H,7-8,11-12H2,1-2H3/b20-18+. The molecule has 168 valence electrons. The number of nitrogens with zero attached hydrogens (tertiary/aromatic N) is 1. The molecule has 2 atom stereocenters. The SMILES string of the molecule is CC1(C)OCC(C2/C(=C(\O)c3ccc4c(c3)OCCO4)C(=O)C(=O)N2Cc2cccs2)O1. The summed E-state index contributed by atoms with van der Waals surface area (Å²) in [6.45, 7) is 4.83. The second-order valence-electron chi connectivity index (χ2n) is 8.27. The average molecular weight is 458 g/mol. The number of rotatable bonds is 4. The second-order valence-corrected chi connectivity index (χ2v) is 9.31. The molecule has 3 aliphatic rings. The number of aliphatic hydroxyl groups excluding tert-OH is 1. The summed E-state index contributed by atoms with van der Waals surface area (Å²) in [5, 5.41) is 13.1. The molecular weight excluding hydrogens is 434 g/mol. The maximum atomic E-state index is 13.1. The number of aliphatic hydroxyl groups is 1. The number of hydrogen-bond acceptors (Lipinski definition) is 8. The first-order valence-electron chi connectivity index (χ1n) is 10.4. The van der Waals surface area contributed by atoms with Crippen LogP contribution in [0.3, 0.4) is 0 Å². The monoisotopic (exact) mass is 457 g/mol. The Labute approximate surface area is 188 Å². The highest BCUT2D eigenvalue weighted by molar-refractivity contribution is 7.09. The maximum Gasteiger partial charge on any atom is 0.295 e. The molecule has 1 aromatic carbocycles. The molecule has 2 aromatic rings.